The maximum absolute atomic E-state index is 11.2. The summed E-state index contributed by atoms with van der Waals surface area (Å²) in [7, 11) is 0. The molecular weight excluding hydrogens is 254 g/mol. The van der Waals surface area contributed by atoms with Crippen molar-refractivity contribution < 1.29 is 9.66 Å². The molecule has 0 atom stereocenters. The second-order valence-corrected chi connectivity index (χ2v) is 5.07. The summed E-state index contributed by atoms with van der Waals surface area (Å²) in [6, 6.07) is 14.2. The lowest BCUT2D eigenvalue weighted by Gasteiger charge is -2.09. The van der Waals surface area contributed by atoms with E-state index in [4.69, 9.17) is 4.74 Å². The average molecular weight is 271 g/mol. The van der Waals surface area contributed by atoms with Crippen LogP contribution in [0.4, 0.5) is 5.69 Å². The highest BCUT2D eigenvalue weighted by molar-refractivity contribution is 5.50. The maximum atomic E-state index is 11.2. The number of nitro benzene ring substituents is 1. The van der Waals surface area contributed by atoms with Crippen LogP contribution in [0.5, 0.6) is 11.5 Å². The first-order valence-electron chi connectivity index (χ1n) is 6.56. The Labute approximate surface area is 118 Å². The Kier molecular flexibility index (Phi) is 4.35. The Balaban J connectivity index is 2.30. The molecule has 0 spiro atoms. The van der Waals surface area contributed by atoms with E-state index < -0.39 is 4.92 Å². The van der Waals surface area contributed by atoms with Crippen LogP contribution in [0.15, 0.2) is 48.5 Å². The van der Waals surface area contributed by atoms with Gasteiger partial charge in [-0.25, -0.2) is 0 Å². The number of para-hydroxylation sites is 1. The van der Waals surface area contributed by atoms with Crippen molar-refractivity contribution in [1.82, 2.24) is 0 Å². The number of benzene rings is 2. The summed E-state index contributed by atoms with van der Waals surface area (Å²) in [5.74, 6) is 1.32. The van der Waals surface area contributed by atoms with Crippen LogP contribution < -0.4 is 4.74 Å². The monoisotopic (exact) mass is 271 g/mol. The lowest BCUT2D eigenvalue weighted by molar-refractivity contribution is -0.385. The van der Waals surface area contributed by atoms with Crippen LogP contribution in [0.1, 0.15) is 19.4 Å². The Bertz CT molecular complexity index is 594. The smallest absolute Gasteiger partial charge is 0.311 e. The number of ether oxygens (including phenoxy) is 1. The third kappa shape index (κ3) is 3.57. The summed E-state index contributed by atoms with van der Waals surface area (Å²) in [4.78, 5) is 10.8. The number of nitro groups is 1. The summed E-state index contributed by atoms with van der Waals surface area (Å²) in [5, 5.41) is 11.2. The summed E-state index contributed by atoms with van der Waals surface area (Å²) in [6.45, 7) is 4.17. The highest BCUT2D eigenvalue weighted by Crippen LogP contribution is 2.32. The lowest BCUT2D eigenvalue weighted by atomic mass is 10.0. The van der Waals surface area contributed by atoms with Crippen molar-refractivity contribution in [2.24, 2.45) is 5.92 Å². The molecule has 0 unspecified atom stereocenters. The Morgan fingerprint density at radius 3 is 2.45 bits per heavy atom. The van der Waals surface area contributed by atoms with E-state index in [1.165, 1.54) is 0 Å². The van der Waals surface area contributed by atoms with Gasteiger partial charge in [-0.15, -0.1) is 0 Å². The summed E-state index contributed by atoms with van der Waals surface area (Å²) in [6.07, 6.45) is 0.812. The van der Waals surface area contributed by atoms with Gasteiger partial charge in [-0.1, -0.05) is 38.1 Å². The molecule has 0 aliphatic rings. The second-order valence-electron chi connectivity index (χ2n) is 5.07. The standard InChI is InChI=1S/C16H17NO3/c1-12(2)10-13-8-9-16(15(11-13)17(18)19)20-14-6-4-3-5-7-14/h3-9,11-12H,10H2,1-2H3. The van der Waals surface area contributed by atoms with Crippen molar-refractivity contribution in [3.05, 3.63) is 64.2 Å². The zero-order valence-corrected chi connectivity index (χ0v) is 11.6. The fourth-order valence-electron chi connectivity index (χ4n) is 2.01. The minimum absolute atomic E-state index is 0.00648. The van der Waals surface area contributed by atoms with Gasteiger partial charge in [0.1, 0.15) is 5.75 Å². The van der Waals surface area contributed by atoms with E-state index in [1.807, 2.05) is 24.3 Å². The van der Waals surface area contributed by atoms with Gasteiger partial charge >= 0.3 is 5.69 Å². The van der Waals surface area contributed by atoms with Gasteiger partial charge in [0.05, 0.1) is 4.92 Å². The molecule has 4 nitrogen and oxygen atoms in total. The molecule has 2 aromatic carbocycles. The summed E-state index contributed by atoms with van der Waals surface area (Å²) >= 11 is 0. The van der Waals surface area contributed by atoms with Gasteiger partial charge in [-0.2, -0.15) is 0 Å². The van der Waals surface area contributed by atoms with Gasteiger partial charge in [-0.3, -0.25) is 10.1 Å². The van der Waals surface area contributed by atoms with Crippen LogP contribution in [-0.2, 0) is 6.42 Å². The lowest BCUT2D eigenvalue weighted by Crippen LogP contribution is -1.98. The molecule has 4 heteroatoms. The molecule has 2 aromatic rings. The molecule has 0 saturated carbocycles. The van der Waals surface area contributed by atoms with Crippen molar-refractivity contribution in [3.8, 4) is 11.5 Å². The minimum atomic E-state index is -0.401. The molecule has 104 valence electrons. The first-order valence-corrected chi connectivity index (χ1v) is 6.56. The number of hydrogen-bond acceptors (Lipinski definition) is 3. The Morgan fingerprint density at radius 1 is 1.15 bits per heavy atom. The van der Waals surface area contributed by atoms with Crippen LogP contribution in [-0.4, -0.2) is 4.92 Å². The number of rotatable bonds is 5. The number of nitrogens with zero attached hydrogens (tertiary/aromatic N) is 1. The first-order chi connectivity index (χ1) is 9.56. The van der Waals surface area contributed by atoms with Gasteiger partial charge in [0.25, 0.3) is 0 Å². The molecule has 0 amide bonds. The molecule has 0 aromatic heterocycles. The third-order valence-corrected chi connectivity index (χ3v) is 2.84. The molecule has 0 fully saturated rings. The van der Waals surface area contributed by atoms with Gasteiger partial charge < -0.3 is 4.74 Å². The van der Waals surface area contributed by atoms with Crippen molar-refractivity contribution in [1.29, 1.82) is 0 Å². The van der Waals surface area contributed by atoms with Crippen LogP contribution in [0, 0.1) is 16.0 Å². The SMILES string of the molecule is CC(C)Cc1ccc(Oc2ccccc2)c([N+](=O)[O-])c1. The predicted octanol–water partition coefficient (Wildman–Crippen LogP) is 4.59. The van der Waals surface area contributed by atoms with E-state index in [9.17, 15) is 10.1 Å². The molecule has 0 N–H and O–H groups in total. The molecule has 0 bridgehead atoms. The maximum Gasteiger partial charge on any atom is 0.311 e. The van der Waals surface area contributed by atoms with Crippen LogP contribution >= 0.6 is 0 Å². The Morgan fingerprint density at radius 2 is 1.85 bits per heavy atom. The summed E-state index contributed by atoms with van der Waals surface area (Å²) < 4.78 is 5.59. The summed E-state index contributed by atoms with van der Waals surface area (Å²) in [5.41, 5.74) is 0.958. The van der Waals surface area contributed by atoms with E-state index in [1.54, 1.807) is 24.3 Å². The van der Waals surface area contributed by atoms with Crippen molar-refractivity contribution >= 4 is 5.69 Å². The first kappa shape index (κ1) is 14.1. The van der Waals surface area contributed by atoms with Gasteiger partial charge in [-0.05, 0) is 36.1 Å². The highest BCUT2D eigenvalue weighted by Gasteiger charge is 2.17. The van der Waals surface area contributed by atoms with Gasteiger partial charge in [0.2, 0.25) is 5.75 Å². The van der Waals surface area contributed by atoms with Crippen molar-refractivity contribution in [2.75, 3.05) is 0 Å². The topological polar surface area (TPSA) is 52.4 Å². The quantitative estimate of drug-likeness (QED) is 0.590. The number of hydrogen-bond donors (Lipinski definition) is 0. The molecule has 0 saturated heterocycles. The largest absolute Gasteiger partial charge is 0.450 e. The highest BCUT2D eigenvalue weighted by atomic mass is 16.6. The average Bonchev–Trinajstić information content (AvgIpc) is 2.41. The molecule has 0 heterocycles. The van der Waals surface area contributed by atoms with Crippen LogP contribution in [0.2, 0.25) is 0 Å². The van der Waals surface area contributed by atoms with E-state index in [-0.39, 0.29) is 11.4 Å². The van der Waals surface area contributed by atoms with E-state index >= 15 is 0 Å². The van der Waals surface area contributed by atoms with Crippen molar-refractivity contribution in [3.63, 3.8) is 0 Å². The fraction of sp³-hybridized carbons (Fsp3) is 0.250. The second kappa shape index (κ2) is 6.19. The molecule has 20 heavy (non-hydrogen) atoms. The zero-order valence-electron chi connectivity index (χ0n) is 11.6. The fourth-order valence-corrected chi connectivity index (χ4v) is 2.01. The zero-order chi connectivity index (χ0) is 14.5. The van der Waals surface area contributed by atoms with E-state index in [0.717, 1.165) is 12.0 Å². The van der Waals surface area contributed by atoms with E-state index in [2.05, 4.69) is 13.8 Å². The normalized spacial score (nSPS) is 10.6. The Hall–Kier alpha value is -2.36. The molecule has 0 aliphatic heterocycles. The van der Waals surface area contributed by atoms with E-state index in [0.29, 0.717) is 11.7 Å². The van der Waals surface area contributed by atoms with Crippen LogP contribution in [0.25, 0.3) is 0 Å². The molecule has 0 aliphatic carbocycles. The van der Waals surface area contributed by atoms with Gasteiger partial charge in [0, 0.05) is 6.07 Å². The van der Waals surface area contributed by atoms with Crippen LogP contribution in [0.3, 0.4) is 0 Å². The predicted molar refractivity (Wildman–Crippen MR) is 78.2 cm³/mol. The van der Waals surface area contributed by atoms with Gasteiger partial charge in [0.15, 0.2) is 0 Å². The minimum Gasteiger partial charge on any atom is -0.450 e. The molecule has 2 rings (SSSR count). The molecule has 0 radical (unpaired) electrons. The molecular formula is C16H17NO3. The van der Waals surface area contributed by atoms with Crippen molar-refractivity contribution in [2.45, 2.75) is 20.3 Å². The third-order valence-electron chi connectivity index (χ3n) is 2.84.